The molecule has 8 bridgehead atoms. The van der Waals surface area contributed by atoms with Crippen LogP contribution in [-0.4, -0.2) is 19.9 Å². The molecule has 5 heterocycles. The Balaban J connectivity index is 1.40. The minimum atomic E-state index is 0.903. The molecule has 44 heavy (non-hydrogen) atoms. The molecule has 0 saturated heterocycles. The minimum Gasteiger partial charge on any atom is -0.355 e. The van der Waals surface area contributed by atoms with Crippen LogP contribution in [0.1, 0.15) is 45.0 Å². The molecule has 206 valence electrons. The Hall–Kier alpha value is -3.40. The molecule has 0 spiro atoms. The Labute approximate surface area is 261 Å². The van der Waals surface area contributed by atoms with Crippen molar-refractivity contribution in [2.24, 2.45) is 0 Å². The highest BCUT2D eigenvalue weighted by atomic mass is 14.8. The summed E-state index contributed by atoms with van der Waals surface area (Å²) in [5, 5.41) is 0. The first-order valence-corrected chi connectivity index (χ1v) is 14.8. The molecule has 4 aliphatic carbocycles. The quantitative estimate of drug-likeness (QED) is 0.236. The van der Waals surface area contributed by atoms with Crippen molar-refractivity contribution in [3.63, 3.8) is 0 Å². The van der Waals surface area contributed by atoms with Crippen LogP contribution in [0.25, 0.3) is 46.4 Å². The Kier molecular flexibility index (Phi) is 6.86. The van der Waals surface area contributed by atoms with Crippen molar-refractivity contribution < 1.29 is 0 Å². The molecule has 0 aromatic carbocycles. The van der Waals surface area contributed by atoms with Crippen LogP contribution >= 0.6 is 0 Å². The first-order valence-electron chi connectivity index (χ1n) is 14.8. The van der Waals surface area contributed by atoms with Gasteiger partial charge in [-0.2, -0.15) is 0 Å². The Morgan fingerprint density at radius 2 is 0.591 bits per heavy atom. The summed E-state index contributed by atoms with van der Waals surface area (Å²) in [5.74, 6) is 4.50. The molecule has 0 unspecified atom stereocenters. The number of aromatic amines is 2. The van der Waals surface area contributed by atoms with Gasteiger partial charge < -0.3 is 9.97 Å². The summed E-state index contributed by atoms with van der Waals surface area (Å²) in [6, 6.07) is 8.70. The molecule has 6 aliphatic rings. The standard InChI is InChI=1S/C40H26N4/c1-2-10-25(9-1)37-29-17-19-31(41-29)38(26-11-3-4-12-26)33-21-23-35(43-33)40(28-15-7-8-16-28)36-24-22-34(44-36)39(27-13-5-6-14-27)32-20-18-30(37)42-32/h1-24,41-42H. The third-order valence-corrected chi connectivity index (χ3v) is 8.56. The molecule has 4 fully saturated rings. The van der Waals surface area contributed by atoms with Gasteiger partial charge in [0, 0.05) is 68.0 Å². The average molecular weight is 563 g/mol. The second kappa shape index (κ2) is 11.2. The normalized spacial score (nSPS) is 21.5. The molecule has 0 amide bonds. The van der Waals surface area contributed by atoms with Crippen molar-refractivity contribution >= 4 is 46.4 Å². The van der Waals surface area contributed by atoms with Gasteiger partial charge in [-0.15, -0.1) is 0 Å². The second-order valence-corrected chi connectivity index (χ2v) is 11.2. The molecule has 20 radical (unpaired) electrons. The van der Waals surface area contributed by atoms with Crippen molar-refractivity contribution in [3.05, 3.63) is 196 Å². The van der Waals surface area contributed by atoms with Gasteiger partial charge >= 0.3 is 0 Å². The Bertz CT molecular complexity index is 1680. The summed E-state index contributed by atoms with van der Waals surface area (Å²) in [6.45, 7) is 0. The molecule has 3 aromatic rings. The van der Waals surface area contributed by atoms with Gasteiger partial charge in [-0.3, -0.25) is 0 Å². The van der Waals surface area contributed by atoms with Gasteiger partial charge in [-0.05, 0) is 151 Å². The highest BCUT2D eigenvalue weighted by molar-refractivity contribution is 5.89. The number of hydrogen-bond acceptors (Lipinski definition) is 2. The summed E-state index contributed by atoms with van der Waals surface area (Å²) in [6.07, 6.45) is 42.3. The largest absolute Gasteiger partial charge is 0.355 e. The van der Waals surface area contributed by atoms with Crippen LogP contribution in [-0.2, 0) is 0 Å². The number of H-pyrrole nitrogens is 2. The monoisotopic (exact) mass is 562 g/mol. The zero-order valence-corrected chi connectivity index (χ0v) is 23.8. The van der Waals surface area contributed by atoms with Crippen LogP contribution < -0.4 is 0 Å². The number of hydrogen-bond donors (Lipinski definition) is 2. The molecule has 4 heteroatoms. The SMILES string of the molecule is [CH]1[CH][CH][C](c2c3nc(c([C]4[CH][CH][CH][CH]4)c4ccc([nH]4)c([C]4[CH][CH][CH][CH]4)c4ccc([nH]4)c([C]4[CH][CH][CH][CH]4)c4nc2C=C4)C=C3)[CH]1. The fraction of sp³-hybridized carbons (Fsp3) is 0. The van der Waals surface area contributed by atoms with E-state index in [-0.39, 0.29) is 0 Å². The van der Waals surface area contributed by atoms with E-state index in [2.05, 4.69) is 161 Å². The lowest BCUT2D eigenvalue weighted by Crippen LogP contribution is -2.03. The van der Waals surface area contributed by atoms with Gasteiger partial charge in [0.2, 0.25) is 0 Å². The number of nitrogens with zero attached hydrogens (tertiary/aromatic N) is 2. The second-order valence-electron chi connectivity index (χ2n) is 11.2. The molecule has 0 atom stereocenters. The highest BCUT2D eigenvalue weighted by Crippen LogP contribution is 2.42. The number of nitrogens with one attached hydrogen (secondary N) is 2. The van der Waals surface area contributed by atoms with Crippen molar-refractivity contribution in [2.45, 2.75) is 0 Å². The maximum atomic E-state index is 5.28. The summed E-state index contributed by atoms with van der Waals surface area (Å²) < 4.78 is 0. The molecule has 2 aliphatic heterocycles. The highest BCUT2D eigenvalue weighted by Gasteiger charge is 2.30. The van der Waals surface area contributed by atoms with Gasteiger partial charge in [-0.25, -0.2) is 9.97 Å². The van der Waals surface area contributed by atoms with Crippen LogP contribution in [0.3, 0.4) is 0 Å². The lowest BCUT2D eigenvalue weighted by Gasteiger charge is -2.12. The molecule has 9 rings (SSSR count). The van der Waals surface area contributed by atoms with Crippen LogP contribution in [0.4, 0.5) is 0 Å². The van der Waals surface area contributed by atoms with E-state index in [4.69, 9.17) is 9.97 Å². The molecule has 4 saturated carbocycles. The lowest BCUT2D eigenvalue weighted by atomic mass is 9.94. The van der Waals surface area contributed by atoms with E-state index < -0.39 is 0 Å². The lowest BCUT2D eigenvalue weighted by molar-refractivity contribution is 1.14. The van der Waals surface area contributed by atoms with E-state index in [1.165, 1.54) is 0 Å². The van der Waals surface area contributed by atoms with E-state index in [9.17, 15) is 0 Å². The summed E-state index contributed by atoms with van der Waals surface area (Å²) in [5.41, 5.74) is 12.0. The summed E-state index contributed by atoms with van der Waals surface area (Å²) in [4.78, 5) is 18.1. The van der Waals surface area contributed by atoms with Crippen LogP contribution in [0.5, 0.6) is 0 Å². The third kappa shape index (κ3) is 4.63. The maximum absolute atomic E-state index is 5.28. The summed E-state index contributed by atoms with van der Waals surface area (Å²) in [7, 11) is 0. The first-order chi connectivity index (χ1) is 21.8. The van der Waals surface area contributed by atoms with Crippen molar-refractivity contribution in [1.82, 2.24) is 19.9 Å². The van der Waals surface area contributed by atoms with E-state index in [1.54, 1.807) is 0 Å². The predicted molar refractivity (Wildman–Crippen MR) is 177 cm³/mol. The first kappa shape index (κ1) is 27.0. The van der Waals surface area contributed by atoms with Crippen molar-refractivity contribution in [1.29, 1.82) is 0 Å². The summed E-state index contributed by atoms with van der Waals surface area (Å²) >= 11 is 0. The van der Waals surface area contributed by atoms with Gasteiger partial charge in [0.15, 0.2) is 0 Å². The van der Waals surface area contributed by atoms with Crippen LogP contribution in [0.2, 0.25) is 0 Å². The topological polar surface area (TPSA) is 57.4 Å². The van der Waals surface area contributed by atoms with Gasteiger partial charge in [0.25, 0.3) is 0 Å². The van der Waals surface area contributed by atoms with Gasteiger partial charge in [0.05, 0.1) is 22.8 Å². The van der Waals surface area contributed by atoms with Gasteiger partial charge in [-0.1, -0.05) is 0 Å². The maximum Gasteiger partial charge on any atom is 0.0697 e. The number of fused-ring (bicyclic) bond motifs is 8. The Morgan fingerprint density at radius 3 is 0.955 bits per heavy atom. The van der Waals surface area contributed by atoms with Gasteiger partial charge in [0.1, 0.15) is 0 Å². The fourth-order valence-electron chi connectivity index (χ4n) is 6.58. The van der Waals surface area contributed by atoms with E-state index in [1.807, 2.05) is 0 Å². The zero-order valence-electron chi connectivity index (χ0n) is 23.8. The molecule has 2 N–H and O–H groups in total. The smallest absolute Gasteiger partial charge is 0.0697 e. The van der Waals surface area contributed by atoms with Crippen LogP contribution in [0, 0.1) is 126 Å². The molecule has 4 nitrogen and oxygen atoms in total. The minimum absolute atomic E-state index is 0.903. The molecular weight excluding hydrogens is 536 g/mol. The molecule has 3 aromatic heterocycles. The van der Waals surface area contributed by atoms with Crippen molar-refractivity contribution in [3.8, 4) is 0 Å². The number of aromatic nitrogens is 4. The van der Waals surface area contributed by atoms with E-state index in [0.717, 1.165) is 90.8 Å². The average Bonchev–Trinajstić information content (AvgIpc) is 3.90. The predicted octanol–water partition coefficient (Wildman–Crippen LogP) is 7.67. The van der Waals surface area contributed by atoms with E-state index >= 15 is 0 Å². The van der Waals surface area contributed by atoms with Crippen LogP contribution in [0.15, 0.2) is 24.3 Å². The third-order valence-electron chi connectivity index (χ3n) is 8.56. The van der Waals surface area contributed by atoms with E-state index in [0.29, 0.717) is 0 Å². The van der Waals surface area contributed by atoms with Crippen molar-refractivity contribution in [2.75, 3.05) is 0 Å². The fourth-order valence-corrected chi connectivity index (χ4v) is 6.58. The Morgan fingerprint density at radius 1 is 0.318 bits per heavy atom. The zero-order chi connectivity index (χ0) is 29.0. The molecular formula is C40H26N4. The number of rotatable bonds is 4.